The molecule has 0 aliphatic heterocycles. The number of rotatable bonds is 19. The zero-order chi connectivity index (χ0) is 92.7. The van der Waals surface area contributed by atoms with E-state index in [4.69, 9.17) is 33.2 Å². The lowest BCUT2D eigenvalue weighted by Gasteiger charge is -2.24. The first-order chi connectivity index (χ1) is 60.9. The van der Waals surface area contributed by atoms with Crippen LogP contribution in [0, 0.1) is 96.9 Å². The zero-order valence-corrected chi connectivity index (χ0v) is 81.0. The molecule has 676 valence electrons. The Morgan fingerprint density at radius 3 is 0.915 bits per heavy atom. The Morgan fingerprint density at radius 2 is 0.535 bits per heavy atom. The highest BCUT2D eigenvalue weighted by Gasteiger charge is 2.22. The summed E-state index contributed by atoms with van der Waals surface area (Å²) >= 11 is 0. The summed E-state index contributed by atoms with van der Waals surface area (Å²) in [4.78, 5) is 0. The Bertz CT molecular complexity index is 5640. The van der Waals surface area contributed by atoms with Crippen molar-refractivity contribution in [3.05, 3.63) is 409 Å². The number of hydrogen-bond donors (Lipinski definition) is 1. The summed E-state index contributed by atoms with van der Waals surface area (Å²) in [7, 11) is 0. The third-order valence-corrected chi connectivity index (χ3v) is 22.4. The van der Waals surface area contributed by atoms with E-state index >= 15 is 0 Å². The van der Waals surface area contributed by atoms with Crippen LogP contribution >= 0.6 is 0 Å². The predicted molar refractivity (Wildman–Crippen MR) is 546 cm³/mol. The number of benzene rings is 14. The second-order valence-corrected chi connectivity index (χ2v) is 36.8. The first-order valence-electron chi connectivity index (χ1n) is 45.6. The highest BCUT2D eigenvalue weighted by molar-refractivity contribution is 5.50. The van der Waals surface area contributed by atoms with Crippen LogP contribution in [-0.2, 0) is 5.41 Å². The molecule has 0 spiro atoms. The van der Waals surface area contributed by atoms with Gasteiger partial charge in [0.15, 0.2) is 0 Å². The lowest BCUT2D eigenvalue weighted by molar-refractivity contribution is 0.418. The number of ether oxygens (including phenoxy) is 7. The Kier molecular flexibility index (Phi) is 39.3. The molecule has 129 heavy (non-hydrogen) atoms. The summed E-state index contributed by atoms with van der Waals surface area (Å²) in [6, 6.07) is 101. The van der Waals surface area contributed by atoms with Crippen LogP contribution in [0.5, 0.6) is 86.2 Å². The standard InChI is InChI=1S/C20H24O.C18H22O.3C17H20O.C16H18O2.C15H16O.CH4/c1-15-8-11-18(12-9-15)21-20-14-16(2)10-13-19(20)17-6-4-3-5-7-17;1-13-6-9-15(10-7-13)19-17-12-14(2)8-11-16(17)18(3,4)5;2*1-12(2)15-8-7-14(4)17(11-15)18-16-9-5-13(3)6-10-16;1-12(2)16-10-7-14(4)11-17(16)18-15-8-5-13(3)6-9-15;1-11(2)13-8-12(3)9-16(10-13)18-15-6-4-14(17)5-7-15;1-11-5-8-14(9-6-11)16-15-10-12(2)4-7-13(15)3;/h8-14,17H,3-7H2,1-2H3;6-12H,1-5H3;3*5-12H,1-4H3;4-11,17H,1-3H3;4-10H,1-3H3;1H4. The number of aromatic hydroxyl groups is 1. The maximum absolute atomic E-state index is 9.23. The van der Waals surface area contributed by atoms with Gasteiger partial charge in [0.1, 0.15) is 86.2 Å². The van der Waals surface area contributed by atoms with Crippen molar-refractivity contribution in [2.75, 3.05) is 0 Å². The molecule has 1 aliphatic rings. The maximum atomic E-state index is 9.23. The van der Waals surface area contributed by atoms with Crippen molar-refractivity contribution in [3.63, 3.8) is 0 Å². The summed E-state index contributed by atoms with van der Waals surface area (Å²) in [5.41, 5.74) is 24.9. The van der Waals surface area contributed by atoms with Crippen molar-refractivity contribution in [2.45, 2.75) is 248 Å². The Hall–Kier alpha value is -12.5. The molecule has 1 fully saturated rings. The largest absolute Gasteiger partial charge is 0.508 e. The molecule has 8 heteroatoms. The molecular formula is C121H144O8. The van der Waals surface area contributed by atoms with E-state index < -0.39 is 0 Å². The highest BCUT2D eigenvalue weighted by atomic mass is 16.5. The fourth-order valence-electron chi connectivity index (χ4n) is 14.2. The average molecular weight is 1730 g/mol. The van der Waals surface area contributed by atoms with Gasteiger partial charge in [0.2, 0.25) is 0 Å². The lowest BCUT2D eigenvalue weighted by Crippen LogP contribution is -2.12. The molecule has 1 N–H and O–H groups in total. The van der Waals surface area contributed by atoms with Crippen LogP contribution in [0.25, 0.3) is 0 Å². The molecule has 0 saturated heterocycles. The molecule has 1 saturated carbocycles. The van der Waals surface area contributed by atoms with Gasteiger partial charge in [-0.1, -0.05) is 288 Å². The van der Waals surface area contributed by atoms with E-state index in [0.717, 1.165) is 86.1 Å². The molecule has 14 aromatic carbocycles. The fraction of sp³-hybridized carbons (Fsp3) is 0.306. The molecule has 0 atom stereocenters. The Morgan fingerprint density at radius 1 is 0.240 bits per heavy atom. The second-order valence-electron chi connectivity index (χ2n) is 36.8. The van der Waals surface area contributed by atoms with Crippen molar-refractivity contribution in [1.82, 2.24) is 0 Å². The molecule has 1 aliphatic carbocycles. The second kappa shape index (κ2) is 49.7. The van der Waals surface area contributed by atoms with Crippen LogP contribution < -0.4 is 33.2 Å². The van der Waals surface area contributed by atoms with Crippen molar-refractivity contribution in [2.24, 2.45) is 0 Å². The van der Waals surface area contributed by atoms with E-state index in [2.05, 4.69) is 379 Å². The minimum atomic E-state index is 0. The first-order valence-corrected chi connectivity index (χ1v) is 45.6. The third kappa shape index (κ3) is 33.9. The van der Waals surface area contributed by atoms with Crippen molar-refractivity contribution in [1.29, 1.82) is 0 Å². The van der Waals surface area contributed by atoms with E-state index in [1.165, 1.54) is 138 Å². The van der Waals surface area contributed by atoms with Gasteiger partial charge in [-0.2, -0.15) is 0 Å². The van der Waals surface area contributed by atoms with Gasteiger partial charge in [-0.15, -0.1) is 0 Å². The van der Waals surface area contributed by atoms with E-state index in [-0.39, 0.29) is 18.6 Å². The van der Waals surface area contributed by atoms with Gasteiger partial charge in [0.25, 0.3) is 0 Å². The average Bonchev–Trinajstić information content (AvgIpc) is 0.818. The van der Waals surface area contributed by atoms with E-state index in [1.807, 2.05) is 66.7 Å². The van der Waals surface area contributed by atoms with Crippen molar-refractivity contribution >= 4 is 0 Å². The number of aryl methyl sites for hydroxylation is 14. The van der Waals surface area contributed by atoms with E-state index in [9.17, 15) is 5.11 Å². The van der Waals surface area contributed by atoms with Gasteiger partial charge < -0.3 is 38.3 Å². The van der Waals surface area contributed by atoms with Crippen LogP contribution in [-0.4, -0.2) is 5.11 Å². The van der Waals surface area contributed by atoms with E-state index in [0.29, 0.717) is 29.6 Å². The highest BCUT2D eigenvalue weighted by Crippen LogP contribution is 2.42. The zero-order valence-electron chi connectivity index (χ0n) is 81.0. The van der Waals surface area contributed by atoms with Gasteiger partial charge in [0.05, 0.1) is 0 Å². The number of phenols is 1. The maximum Gasteiger partial charge on any atom is 0.131 e. The third-order valence-electron chi connectivity index (χ3n) is 22.4. The van der Waals surface area contributed by atoms with Crippen LogP contribution in [0.1, 0.15) is 257 Å². The lowest BCUT2D eigenvalue weighted by atomic mass is 9.83. The quantitative estimate of drug-likeness (QED) is 0.0857. The molecule has 14 aromatic rings. The van der Waals surface area contributed by atoms with Gasteiger partial charge in [0, 0.05) is 5.56 Å². The summed E-state index contributed by atoms with van der Waals surface area (Å²) in [6.07, 6.45) is 6.68. The van der Waals surface area contributed by atoms with Gasteiger partial charge in [-0.3, -0.25) is 0 Å². The molecular weight excluding hydrogens is 1580 g/mol. The SMILES string of the molecule is C.Cc1cc(Oc2ccc(O)cc2)cc(C(C)C)c1.Cc1ccc(Oc2cc(C(C)C)ccc2C)cc1.Cc1ccc(Oc2cc(C(C)C)ccc2C)cc1.Cc1ccc(Oc2cc(C)ccc2C(C)(C)C)cc1.Cc1ccc(Oc2cc(C)ccc2C(C)C)cc1.Cc1ccc(Oc2cc(C)ccc2C)cc1.Cc1ccc(Oc2cc(C)ccc2C2CCCCC2)cc1. The molecule has 0 amide bonds. The van der Waals surface area contributed by atoms with Crippen LogP contribution in [0.15, 0.2) is 297 Å². The topological polar surface area (TPSA) is 84.8 Å². The molecule has 15 rings (SSSR count). The number of phenolic OH excluding ortho intramolecular Hbond substituents is 1. The minimum absolute atomic E-state index is 0. The monoisotopic (exact) mass is 1730 g/mol. The molecule has 0 heterocycles. The Balaban J connectivity index is 0.000000186. The molecule has 0 bridgehead atoms. The predicted octanol–water partition coefficient (Wildman–Crippen LogP) is 36.9. The molecule has 0 unspecified atom stereocenters. The number of hydrogen-bond acceptors (Lipinski definition) is 8. The normalized spacial score (nSPS) is 11.5. The van der Waals surface area contributed by atoms with Gasteiger partial charge in [-0.25, -0.2) is 0 Å². The van der Waals surface area contributed by atoms with E-state index in [1.54, 1.807) is 24.3 Å². The van der Waals surface area contributed by atoms with Crippen LogP contribution in [0.3, 0.4) is 0 Å². The summed E-state index contributed by atoms with van der Waals surface area (Å²) < 4.78 is 41.8. The first kappa shape index (κ1) is 102. The van der Waals surface area contributed by atoms with Gasteiger partial charge >= 0.3 is 0 Å². The summed E-state index contributed by atoms with van der Waals surface area (Å²) in [6.45, 7) is 53.3. The summed E-state index contributed by atoms with van der Waals surface area (Å²) in [5, 5.41) is 9.23. The minimum Gasteiger partial charge on any atom is -0.508 e. The van der Waals surface area contributed by atoms with Gasteiger partial charge in [-0.05, 0) is 363 Å². The molecule has 8 nitrogen and oxygen atoms in total. The fourth-order valence-corrected chi connectivity index (χ4v) is 14.2. The molecule has 0 radical (unpaired) electrons. The Labute approximate surface area is 775 Å². The summed E-state index contributed by atoms with van der Waals surface area (Å²) in [5.74, 6) is 15.7. The van der Waals surface area contributed by atoms with Crippen LogP contribution in [0.2, 0.25) is 0 Å². The van der Waals surface area contributed by atoms with Crippen molar-refractivity contribution in [3.8, 4) is 86.2 Å². The van der Waals surface area contributed by atoms with Crippen LogP contribution in [0.4, 0.5) is 0 Å². The molecule has 0 aromatic heterocycles. The smallest absolute Gasteiger partial charge is 0.131 e. The van der Waals surface area contributed by atoms with Crippen molar-refractivity contribution < 1.29 is 38.3 Å².